The number of nitrogens with one attached hydrogen (secondary N) is 2. The lowest BCUT2D eigenvalue weighted by atomic mass is 10.3. The molecule has 0 unspecified atom stereocenters. The molecule has 0 bridgehead atoms. The Hall–Kier alpha value is -1.84. The summed E-state index contributed by atoms with van der Waals surface area (Å²) in [6, 6.07) is 6.64. The lowest BCUT2D eigenvalue weighted by Crippen LogP contribution is -2.07. The molecule has 0 aliphatic heterocycles. The predicted molar refractivity (Wildman–Crippen MR) is 54.4 cm³/mol. The highest BCUT2D eigenvalue weighted by atomic mass is 16.2. The summed E-state index contributed by atoms with van der Waals surface area (Å²) in [6.45, 7) is 6.35. The molecule has 0 aliphatic carbocycles. The van der Waals surface area contributed by atoms with Crippen LogP contribution in [0.2, 0.25) is 0 Å². The van der Waals surface area contributed by atoms with E-state index in [4.69, 9.17) is 0 Å². The summed E-state index contributed by atoms with van der Waals surface area (Å²) in [6.07, 6.45) is 0. The highest BCUT2D eigenvalue weighted by molar-refractivity contribution is 5.95. The number of anilines is 2. The zero-order valence-corrected chi connectivity index (χ0v) is 7.54. The van der Waals surface area contributed by atoms with E-state index < -0.39 is 0 Å². The van der Waals surface area contributed by atoms with Crippen molar-refractivity contribution < 1.29 is 9.59 Å². The SMILES string of the molecule is [CH2]C(=O)Nc1ccc(NC([CH2])=O)cc1. The lowest BCUT2D eigenvalue weighted by Gasteiger charge is -2.04. The number of hydrogen-bond acceptors (Lipinski definition) is 2. The van der Waals surface area contributed by atoms with Gasteiger partial charge >= 0.3 is 0 Å². The average molecular weight is 190 g/mol. The number of carbonyl (C=O) groups excluding carboxylic acids is 2. The molecule has 0 heterocycles. The molecule has 0 aromatic heterocycles. The van der Waals surface area contributed by atoms with Crippen LogP contribution in [0.25, 0.3) is 0 Å². The maximum Gasteiger partial charge on any atom is 0.224 e. The van der Waals surface area contributed by atoms with Crippen molar-refractivity contribution in [1.82, 2.24) is 0 Å². The van der Waals surface area contributed by atoms with E-state index in [9.17, 15) is 9.59 Å². The molecule has 0 spiro atoms. The molecule has 1 aromatic rings. The normalized spacial score (nSPS) is 9.29. The quantitative estimate of drug-likeness (QED) is 0.736. The first-order chi connectivity index (χ1) is 6.58. The molecule has 0 fully saturated rings. The van der Waals surface area contributed by atoms with E-state index in [0.717, 1.165) is 0 Å². The van der Waals surface area contributed by atoms with E-state index >= 15 is 0 Å². The van der Waals surface area contributed by atoms with Crippen molar-refractivity contribution >= 4 is 23.2 Å². The molecule has 1 aromatic carbocycles. The molecule has 0 aliphatic rings. The molecular formula is C10H10N2O2. The average Bonchev–Trinajstić information content (AvgIpc) is 2.06. The summed E-state index contributed by atoms with van der Waals surface area (Å²) in [5, 5.41) is 5.01. The largest absolute Gasteiger partial charge is 0.326 e. The summed E-state index contributed by atoms with van der Waals surface area (Å²) >= 11 is 0. The third-order valence-electron chi connectivity index (χ3n) is 1.45. The van der Waals surface area contributed by atoms with Gasteiger partial charge in [-0.05, 0) is 24.3 Å². The highest BCUT2D eigenvalue weighted by Gasteiger charge is 1.97. The van der Waals surface area contributed by atoms with Crippen LogP contribution < -0.4 is 10.6 Å². The lowest BCUT2D eigenvalue weighted by molar-refractivity contribution is -0.113. The zero-order chi connectivity index (χ0) is 10.6. The standard InChI is InChI=1S/C10H10N2O2/c1-7(13)11-9-3-5-10(6-4-9)12-8(2)14/h3-6H,1-2H2,(H,11,13)(H,12,14). The third kappa shape index (κ3) is 3.26. The van der Waals surface area contributed by atoms with Gasteiger partial charge < -0.3 is 10.6 Å². The van der Waals surface area contributed by atoms with Crippen molar-refractivity contribution in [2.75, 3.05) is 10.6 Å². The molecule has 72 valence electrons. The zero-order valence-electron chi connectivity index (χ0n) is 7.54. The van der Waals surface area contributed by atoms with Crippen molar-refractivity contribution in [3.05, 3.63) is 38.1 Å². The van der Waals surface area contributed by atoms with Gasteiger partial charge in [0.1, 0.15) is 0 Å². The van der Waals surface area contributed by atoms with Crippen LogP contribution in [0.4, 0.5) is 11.4 Å². The Morgan fingerprint density at radius 1 is 0.857 bits per heavy atom. The highest BCUT2D eigenvalue weighted by Crippen LogP contribution is 2.12. The Labute approximate surface area is 82.3 Å². The summed E-state index contributed by atoms with van der Waals surface area (Å²) in [5.74, 6) is -0.752. The van der Waals surface area contributed by atoms with Gasteiger partial charge in [-0.25, -0.2) is 0 Å². The Morgan fingerprint density at radius 3 is 1.36 bits per heavy atom. The van der Waals surface area contributed by atoms with Crippen molar-refractivity contribution in [2.24, 2.45) is 0 Å². The molecule has 2 radical (unpaired) electrons. The van der Waals surface area contributed by atoms with Crippen molar-refractivity contribution in [3.8, 4) is 0 Å². The van der Waals surface area contributed by atoms with Crippen LogP contribution in [0.1, 0.15) is 0 Å². The number of rotatable bonds is 2. The van der Waals surface area contributed by atoms with Crippen molar-refractivity contribution in [2.45, 2.75) is 0 Å². The minimum atomic E-state index is -0.376. The van der Waals surface area contributed by atoms with Gasteiger partial charge in [-0.15, -0.1) is 0 Å². The first-order valence-corrected chi connectivity index (χ1v) is 3.94. The van der Waals surface area contributed by atoms with Crippen LogP contribution in [0, 0.1) is 13.8 Å². The van der Waals surface area contributed by atoms with Crippen molar-refractivity contribution in [3.63, 3.8) is 0 Å². The third-order valence-corrected chi connectivity index (χ3v) is 1.45. The van der Waals surface area contributed by atoms with E-state index in [1.807, 2.05) is 0 Å². The van der Waals surface area contributed by atoms with E-state index in [1.165, 1.54) is 0 Å². The van der Waals surface area contributed by atoms with Gasteiger partial charge in [0.2, 0.25) is 11.8 Å². The second-order valence-corrected chi connectivity index (χ2v) is 2.67. The van der Waals surface area contributed by atoms with Crippen LogP contribution in [0.5, 0.6) is 0 Å². The molecule has 2 N–H and O–H groups in total. The van der Waals surface area contributed by atoms with Crippen LogP contribution in [-0.4, -0.2) is 11.8 Å². The Morgan fingerprint density at radius 2 is 1.14 bits per heavy atom. The maximum absolute atomic E-state index is 10.6. The van der Waals surface area contributed by atoms with Crippen LogP contribution in [0.3, 0.4) is 0 Å². The monoisotopic (exact) mass is 190 g/mol. The molecule has 4 heteroatoms. The fraction of sp³-hybridized carbons (Fsp3) is 0. The van der Waals surface area contributed by atoms with Gasteiger partial charge in [-0.1, -0.05) is 0 Å². The number of carbonyl (C=O) groups is 2. The van der Waals surface area contributed by atoms with Gasteiger partial charge in [0.15, 0.2) is 0 Å². The topological polar surface area (TPSA) is 58.2 Å². The minimum Gasteiger partial charge on any atom is -0.326 e. The van der Waals surface area contributed by atoms with Crippen LogP contribution >= 0.6 is 0 Å². The number of amides is 2. The van der Waals surface area contributed by atoms with E-state index in [0.29, 0.717) is 11.4 Å². The van der Waals surface area contributed by atoms with E-state index in [1.54, 1.807) is 24.3 Å². The maximum atomic E-state index is 10.6. The Bertz CT molecular complexity index is 309. The molecule has 14 heavy (non-hydrogen) atoms. The van der Waals surface area contributed by atoms with Gasteiger partial charge in [-0.2, -0.15) is 0 Å². The molecule has 2 amide bonds. The summed E-state index contributed by atoms with van der Waals surface area (Å²) in [5.41, 5.74) is 1.26. The van der Waals surface area contributed by atoms with Crippen LogP contribution in [-0.2, 0) is 9.59 Å². The smallest absolute Gasteiger partial charge is 0.224 e. The van der Waals surface area contributed by atoms with Gasteiger partial charge in [-0.3, -0.25) is 9.59 Å². The molecule has 4 nitrogen and oxygen atoms in total. The fourth-order valence-corrected chi connectivity index (χ4v) is 0.959. The molecule has 0 saturated heterocycles. The van der Waals surface area contributed by atoms with Gasteiger partial charge in [0, 0.05) is 25.2 Å². The first kappa shape index (κ1) is 10.2. The predicted octanol–water partition coefficient (Wildman–Crippen LogP) is 1.23. The van der Waals surface area contributed by atoms with Crippen molar-refractivity contribution in [1.29, 1.82) is 0 Å². The summed E-state index contributed by atoms with van der Waals surface area (Å²) in [7, 11) is 0. The van der Waals surface area contributed by atoms with Gasteiger partial charge in [0.05, 0.1) is 0 Å². The van der Waals surface area contributed by atoms with E-state index in [2.05, 4.69) is 24.5 Å². The second-order valence-electron chi connectivity index (χ2n) is 2.67. The van der Waals surface area contributed by atoms with Gasteiger partial charge in [0.25, 0.3) is 0 Å². The number of hydrogen-bond donors (Lipinski definition) is 2. The molecular weight excluding hydrogens is 180 g/mol. The molecule has 0 saturated carbocycles. The fourth-order valence-electron chi connectivity index (χ4n) is 0.959. The summed E-state index contributed by atoms with van der Waals surface area (Å²) in [4.78, 5) is 21.1. The Kier molecular flexibility index (Phi) is 3.23. The first-order valence-electron chi connectivity index (χ1n) is 3.94. The molecule has 1 rings (SSSR count). The Balaban J connectivity index is 2.68. The van der Waals surface area contributed by atoms with Crippen LogP contribution in [0.15, 0.2) is 24.3 Å². The summed E-state index contributed by atoms with van der Waals surface area (Å²) < 4.78 is 0. The van der Waals surface area contributed by atoms with E-state index in [-0.39, 0.29) is 11.8 Å². The molecule has 0 atom stereocenters. The number of benzene rings is 1. The second kappa shape index (κ2) is 4.41. The minimum absolute atomic E-state index is 0.376.